The number of fused-ring (bicyclic) bond motifs is 1. The lowest BCUT2D eigenvalue weighted by Gasteiger charge is -2.22. The van der Waals surface area contributed by atoms with Gasteiger partial charge in [-0.2, -0.15) is 17.5 Å². The van der Waals surface area contributed by atoms with Crippen LogP contribution in [0, 0.1) is 0 Å². The third kappa shape index (κ3) is 4.87. The molecule has 1 fully saturated rings. The Hall–Kier alpha value is -3.61. The van der Waals surface area contributed by atoms with E-state index in [9.17, 15) is 26.7 Å². The Labute approximate surface area is 210 Å². The van der Waals surface area contributed by atoms with Crippen LogP contribution in [-0.2, 0) is 16.2 Å². The van der Waals surface area contributed by atoms with Crippen LogP contribution in [0.5, 0.6) is 0 Å². The van der Waals surface area contributed by atoms with Crippen molar-refractivity contribution in [2.45, 2.75) is 30.0 Å². The Morgan fingerprint density at radius 2 is 1.84 bits per heavy atom. The van der Waals surface area contributed by atoms with E-state index in [2.05, 4.69) is 20.3 Å². The number of nitrogens with zero attached hydrogens (tertiary/aromatic N) is 4. The van der Waals surface area contributed by atoms with Gasteiger partial charge in [0.15, 0.2) is 0 Å². The molecule has 0 spiro atoms. The number of aliphatic hydroxyl groups excluding tert-OH is 1. The van der Waals surface area contributed by atoms with Crippen LogP contribution in [0.1, 0.15) is 18.4 Å². The number of anilines is 2. The molecule has 192 valence electrons. The SMILES string of the molecule is O=S(=O)(c1ccc(Nc2ncnc3cc(-c4ncccc4C(F)(F)F)ccc23)cc1)N1CCC[C@H]1CO. The highest BCUT2D eigenvalue weighted by Gasteiger charge is 2.35. The zero-order valence-electron chi connectivity index (χ0n) is 19.4. The normalized spacial score (nSPS) is 16.8. The van der Waals surface area contributed by atoms with Crippen molar-refractivity contribution in [2.75, 3.05) is 18.5 Å². The molecule has 2 N–H and O–H groups in total. The third-order valence-electron chi connectivity index (χ3n) is 6.28. The number of alkyl halides is 3. The van der Waals surface area contributed by atoms with Gasteiger partial charge in [-0.3, -0.25) is 4.98 Å². The third-order valence-corrected chi connectivity index (χ3v) is 8.25. The molecule has 4 aromatic rings. The van der Waals surface area contributed by atoms with Gasteiger partial charge in [-0.15, -0.1) is 0 Å². The van der Waals surface area contributed by atoms with Gasteiger partial charge in [0.25, 0.3) is 0 Å². The van der Waals surface area contributed by atoms with E-state index in [4.69, 9.17) is 0 Å². The van der Waals surface area contributed by atoms with Crippen LogP contribution in [0.15, 0.2) is 72.0 Å². The number of hydrogen-bond donors (Lipinski definition) is 2. The highest BCUT2D eigenvalue weighted by molar-refractivity contribution is 7.89. The molecule has 12 heteroatoms. The summed E-state index contributed by atoms with van der Waals surface area (Å²) < 4.78 is 67.7. The first-order valence-electron chi connectivity index (χ1n) is 11.5. The van der Waals surface area contributed by atoms with Crippen LogP contribution in [-0.4, -0.2) is 52.0 Å². The summed E-state index contributed by atoms with van der Waals surface area (Å²) >= 11 is 0. The monoisotopic (exact) mass is 529 g/mol. The van der Waals surface area contributed by atoms with Gasteiger partial charge in [0.1, 0.15) is 12.1 Å². The largest absolute Gasteiger partial charge is 0.418 e. The zero-order valence-corrected chi connectivity index (χ0v) is 20.2. The average Bonchev–Trinajstić information content (AvgIpc) is 3.39. The summed E-state index contributed by atoms with van der Waals surface area (Å²) in [5.41, 5.74) is 0.214. The van der Waals surface area contributed by atoms with Gasteiger partial charge in [-0.1, -0.05) is 6.07 Å². The van der Waals surface area contributed by atoms with Crippen LogP contribution in [0.4, 0.5) is 24.7 Å². The Kier molecular flexibility index (Phi) is 6.56. The van der Waals surface area contributed by atoms with Crippen LogP contribution in [0.3, 0.4) is 0 Å². The summed E-state index contributed by atoms with van der Waals surface area (Å²) in [5.74, 6) is 0.407. The smallest absolute Gasteiger partial charge is 0.395 e. The molecule has 1 aliphatic rings. The van der Waals surface area contributed by atoms with Gasteiger partial charge < -0.3 is 10.4 Å². The zero-order chi connectivity index (χ0) is 26.2. The molecule has 2 aromatic heterocycles. The number of pyridine rings is 1. The minimum atomic E-state index is -4.55. The van der Waals surface area contributed by atoms with E-state index in [-0.39, 0.29) is 22.8 Å². The van der Waals surface area contributed by atoms with Crippen molar-refractivity contribution in [2.24, 2.45) is 0 Å². The molecular formula is C25H22F3N5O3S. The van der Waals surface area contributed by atoms with Crippen molar-refractivity contribution in [3.63, 3.8) is 0 Å². The fourth-order valence-corrected chi connectivity index (χ4v) is 6.14. The van der Waals surface area contributed by atoms with E-state index in [0.29, 0.717) is 41.8 Å². The topological polar surface area (TPSA) is 108 Å². The van der Waals surface area contributed by atoms with Gasteiger partial charge in [0.2, 0.25) is 10.0 Å². The van der Waals surface area contributed by atoms with Crippen LogP contribution >= 0.6 is 0 Å². The first kappa shape index (κ1) is 25.1. The molecule has 1 saturated heterocycles. The molecule has 0 unspecified atom stereocenters. The highest BCUT2D eigenvalue weighted by atomic mass is 32.2. The fourth-order valence-electron chi connectivity index (χ4n) is 4.46. The Bertz CT molecular complexity index is 1550. The van der Waals surface area contributed by atoms with Crippen molar-refractivity contribution in [3.05, 3.63) is 72.7 Å². The predicted molar refractivity (Wildman–Crippen MR) is 131 cm³/mol. The Balaban J connectivity index is 1.42. The second-order valence-electron chi connectivity index (χ2n) is 8.60. The minimum Gasteiger partial charge on any atom is -0.395 e. The molecule has 2 aromatic carbocycles. The van der Waals surface area contributed by atoms with E-state index in [1.807, 2.05) is 0 Å². The number of sulfonamides is 1. The molecule has 0 bridgehead atoms. The number of aromatic nitrogens is 3. The molecule has 0 radical (unpaired) electrons. The maximum atomic E-state index is 13.5. The molecule has 8 nitrogen and oxygen atoms in total. The number of hydrogen-bond acceptors (Lipinski definition) is 7. The lowest BCUT2D eigenvalue weighted by Crippen LogP contribution is -2.37. The molecular weight excluding hydrogens is 507 g/mol. The summed E-state index contributed by atoms with van der Waals surface area (Å²) in [5, 5.41) is 13.2. The molecule has 0 aliphatic carbocycles. The molecule has 1 aliphatic heterocycles. The van der Waals surface area contributed by atoms with E-state index in [1.54, 1.807) is 18.2 Å². The second kappa shape index (κ2) is 9.69. The van der Waals surface area contributed by atoms with Crippen molar-refractivity contribution in [1.29, 1.82) is 0 Å². The minimum absolute atomic E-state index is 0.117. The molecule has 0 amide bonds. The summed E-state index contributed by atoms with van der Waals surface area (Å²) in [6, 6.07) is 12.6. The van der Waals surface area contributed by atoms with Gasteiger partial charge >= 0.3 is 6.18 Å². The van der Waals surface area contributed by atoms with Gasteiger partial charge in [-0.25, -0.2) is 18.4 Å². The summed E-state index contributed by atoms with van der Waals surface area (Å²) in [7, 11) is -3.74. The van der Waals surface area contributed by atoms with Gasteiger partial charge in [0, 0.05) is 35.4 Å². The predicted octanol–water partition coefficient (Wildman–Crippen LogP) is 4.60. The van der Waals surface area contributed by atoms with Crippen LogP contribution in [0.2, 0.25) is 0 Å². The van der Waals surface area contributed by atoms with Crippen molar-refractivity contribution in [3.8, 4) is 11.3 Å². The van der Waals surface area contributed by atoms with E-state index >= 15 is 0 Å². The number of halogens is 3. The van der Waals surface area contributed by atoms with Gasteiger partial charge in [-0.05, 0) is 61.4 Å². The summed E-state index contributed by atoms with van der Waals surface area (Å²) in [6.07, 6.45) is -0.636. The molecule has 3 heterocycles. The summed E-state index contributed by atoms with van der Waals surface area (Å²) in [6.45, 7) is 0.144. The lowest BCUT2D eigenvalue weighted by molar-refractivity contribution is -0.137. The standard InChI is InChI=1S/C25H22F3N5O3S/c26-25(27,28)21-4-1-11-29-23(21)16-5-10-20-22(13-16)30-15-31-24(20)32-17-6-8-19(9-7-17)37(35,36)33-12-2-3-18(33)14-34/h1,4-11,13,15,18,34H,2-3,12,14H2,(H,30,31,32)/t18-/m0/s1. The molecule has 37 heavy (non-hydrogen) atoms. The first-order chi connectivity index (χ1) is 17.7. The van der Waals surface area contributed by atoms with Crippen LogP contribution < -0.4 is 5.32 Å². The molecule has 0 saturated carbocycles. The highest BCUT2D eigenvalue weighted by Crippen LogP contribution is 2.37. The molecule has 5 rings (SSSR count). The number of aliphatic hydroxyl groups is 1. The van der Waals surface area contributed by atoms with Crippen molar-refractivity contribution < 1.29 is 26.7 Å². The van der Waals surface area contributed by atoms with E-state index in [0.717, 1.165) is 6.07 Å². The van der Waals surface area contributed by atoms with Gasteiger partial charge in [0.05, 0.1) is 28.3 Å². The lowest BCUT2D eigenvalue weighted by atomic mass is 10.0. The molecule has 1 atom stereocenters. The van der Waals surface area contributed by atoms with Crippen molar-refractivity contribution in [1.82, 2.24) is 19.3 Å². The Morgan fingerprint density at radius 1 is 1.05 bits per heavy atom. The average molecular weight is 530 g/mol. The number of rotatable bonds is 6. The first-order valence-corrected chi connectivity index (χ1v) is 12.9. The second-order valence-corrected chi connectivity index (χ2v) is 10.5. The van der Waals surface area contributed by atoms with Crippen molar-refractivity contribution >= 4 is 32.4 Å². The van der Waals surface area contributed by atoms with E-state index in [1.165, 1.54) is 47.2 Å². The van der Waals surface area contributed by atoms with Crippen LogP contribution in [0.25, 0.3) is 22.2 Å². The number of nitrogens with one attached hydrogen (secondary N) is 1. The maximum absolute atomic E-state index is 13.5. The number of benzene rings is 2. The summed E-state index contributed by atoms with van der Waals surface area (Å²) in [4.78, 5) is 12.5. The Morgan fingerprint density at radius 3 is 2.57 bits per heavy atom. The maximum Gasteiger partial charge on any atom is 0.418 e. The quantitative estimate of drug-likeness (QED) is 0.376. The van der Waals surface area contributed by atoms with E-state index < -0.39 is 27.8 Å². The fraction of sp³-hybridized carbons (Fsp3) is 0.240.